The molecule has 1 aliphatic heterocycles. The first-order valence-corrected chi connectivity index (χ1v) is 5.64. The molecule has 0 saturated carbocycles. The summed E-state index contributed by atoms with van der Waals surface area (Å²) >= 11 is 0. The first-order valence-electron chi connectivity index (χ1n) is 5.64. The molecule has 0 bridgehead atoms. The molecule has 1 aromatic heterocycles. The molecule has 0 aliphatic carbocycles. The van der Waals surface area contributed by atoms with Crippen LogP contribution in [0.25, 0.3) is 0 Å². The molecule has 1 fully saturated rings. The van der Waals surface area contributed by atoms with Gasteiger partial charge in [0, 0.05) is 24.5 Å². The molecule has 2 atom stereocenters. The van der Waals surface area contributed by atoms with Crippen molar-refractivity contribution in [3.63, 3.8) is 0 Å². The number of nitrogens with zero attached hydrogens (tertiary/aromatic N) is 2. The maximum Gasteiger partial charge on any atom is 0.192 e. The van der Waals surface area contributed by atoms with E-state index >= 15 is 0 Å². The Kier molecular flexibility index (Phi) is 3.08. The van der Waals surface area contributed by atoms with E-state index in [1.807, 2.05) is 18.5 Å². The summed E-state index contributed by atoms with van der Waals surface area (Å²) in [6, 6.07) is 2.89. The van der Waals surface area contributed by atoms with E-state index in [4.69, 9.17) is 0 Å². The van der Waals surface area contributed by atoms with Crippen LogP contribution in [0.15, 0.2) is 23.5 Å². The van der Waals surface area contributed by atoms with Gasteiger partial charge in [-0.2, -0.15) is 0 Å². The minimum absolute atomic E-state index is 0.439. The van der Waals surface area contributed by atoms with Gasteiger partial charge in [0.1, 0.15) is 0 Å². The van der Waals surface area contributed by atoms with Gasteiger partial charge in [0.05, 0.1) is 6.54 Å². The lowest BCUT2D eigenvalue weighted by atomic mass is 10.2. The van der Waals surface area contributed by atoms with Crippen LogP contribution in [0, 0.1) is 6.92 Å². The number of guanidine groups is 1. The average molecular weight is 218 g/mol. The van der Waals surface area contributed by atoms with Gasteiger partial charge >= 0.3 is 0 Å². The van der Waals surface area contributed by atoms with E-state index in [0.717, 1.165) is 5.96 Å². The fraction of sp³-hybridized carbons (Fsp3) is 0.500. The number of hydrogen-bond acceptors (Lipinski definition) is 2. The highest BCUT2D eigenvalue weighted by Crippen LogP contribution is 2.07. The number of rotatable bonds is 2. The lowest BCUT2D eigenvalue weighted by Gasteiger charge is -2.04. The standard InChI is InChI=1S/C12H18N4/c1-8-4-5-13-6-11(8)7-14-12-15-9(2)10(3)16-12/h4-6,9-10H,7H2,1-3H3,(H2,14,15,16). The zero-order valence-corrected chi connectivity index (χ0v) is 9.99. The molecule has 0 radical (unpaired) electrons. The number of aliphatic imine (C=N–C) groups is 1. The quantitative estimate of drug-likeness (QED) is 0.784. The van der Waals surface area contributed by atoms with E-state index in [9.17, 15) is 0 Å². The number of pyridine rings is 1. The van der Waals surface area contributed by atoms with Crippen molar-refractivity contribution in [1.29, 1.82) is 0 Å². The Labute approximate surface area is 96.2 Å². The molecule has 1 saturated heterocycles. The summed E-state index contributed by atoms with van der Waals surface area (Å²) < 4.78 is 0. The van der Waals surface area contributed by atoms with Crippen molar-refractivity contribution in [3.8, 4) is 0 Å². The van der Waals surface area contributed by atoms with Crippen LogP contribution < -0.4 is 10.6 Å². The molecule has 2 heterocycles. The SMILES string of the molecule is Cc1ccncc1CN=C1NC(C)C(C)N1. The van der Waals surface area contributed by atoms with Crippen molar-refractivity contribution < 1.29 is 0 Å². The van der Waals surface area contributed by atoms with E-state index in [2.05, 4.69) is 41.4 Å². The van der Waals surface area contributed by atoms with Crippen molar-refractivity contribution >= 4 is 5.96 Å². The Morgan fingerprint density at radius 3 is 2.62 bits per heavy atom. The predicted molar refractivity (Wildman–Crippen MR) is 65.3 cm³/mol. The van der Waals surface area contributed by atoms with Crippen LogP contribution in [0.5, 0.6) is 0 Å². The smallest absolute Gasteiger partial charge is 0.192 e. The van der Waals surface area contributed by atoms with Gasteiger partial charge in [-0.3, -0.25) is 4.98 Å². The molecule has 86 valence electrons. The molecule has 0 spiro atoms. The van der Waals surface area contributed by atoms with Crippen molar-refractivity contribution in [2.75, 3.05) is 0 Å². The minimum Gasteiger partial charge on any atom is -0.352 e. The summed E-state index contributed by atoms with van der Waals surface area (Å²) in [5.74, 6) is 0.892. The molecule has 0 amide bonds. The summed E-state index contributed by atoms with van der Waals surface area (Å²) in [5.41, 5.74) is 2.41. The summed E-state index contributed by atoms with van der Waals surface area (Å²) in [4.78, 5) is 8.62. The lowest BCUT2D eigenvalue weighted by Crippen LogP contribution is -2.26. The third-order valence-corrected chi connectivity index (χ3v) is 3.03. The Bertz CT molecular complexity index is 388. The lowest BCUT2D eigenvalue weighted by molar-refractivity contribution is 0.583. The van der Waals surface area contributed by atoms with E-state index in [1.54, 1.807) is 0 Å². The summed E-state index contributed by atoms with van der Waals surface area (Å²) in [6.07, 6.45) is 3.68. The summed E-state index contributed by atoms with van der Waals surface area (Å²) in [7, 11) is 0. The molecule has 2 N–H and O–H groups in total. The van der Waals surface area contributed by atoms with Crippen LogP contribution in [0.2, 0.25) is 0 Å². The first-order chi connectivity index (χ1) is 7.66. The van der Waals surface area contributed by atoms with Gasteiger partial charge in [-0.05, 0) is 38.0 Å². The van der Waals surface area contributed by atoms with Crippen molar-refractivity contribution in [3.05, 3.63) is 29.6 Å². The van der Waals surface area contributed by atoms with Crippen LogP contribution in [-0.4, -0.2) is 23.0 Å². The Hall–Kier alpha value is -1.58. The fourth-order valence-corrected chi connectivity index (χ4v) is 1.64. The van der Waals surface area contributed by atoms with Crippen molar-refractivity contribution in [2.24, 2.45) is 4.99 Å². The van der Waals surface area contributed by atoms with Crippen LogP contribution in [0.4, 0.5) is 0 Å². The Balaban J connectivity index is 2.02. The van der Waals surface area contributed by atoms with Gasteiger partial charge in [0.25, 0.3) is 0 Å². The molecule has 16 heavy (non-hydrogen) atoms. The number of nitrogens with one attached hydrogen (secondary N) is 2. The van der Waals surface area contributed by atoms with Gasteiger partial charge in [-0.25, -0.2) is 4.99 Å². The second kappa shape index (κ2) is 4.51. The Morgan fingerprint density at radius 1 is 1.31 bits per heavy atom. The summed E-state index contributed by atoms with van der Waals surface area (Å²) in [5, 5.41) is 6.62. The molecule has 2 rings (SSSR count). The second-order valence-electron chi connectivity index (χ2n) is 4.33. The van der Waals surface area contributed by atoms with Crippen molar-refractivity contribution in [2.45, 2.75) is 39.4 Å². The number of hydrogen-bond donors (Lipinski definition) is 2. The highest BCUT2D eigenvalue weighted by atomic mass is 15.3. The van der Waals surface area contributed by atoms with Crippen LogP contribution in [0.1, 0.15) is 25.0 Å². The monoisotopic (exact) mass is 218 g/mol. The maximum absolute atomic E-state index is 4.51. The van der Waals surface area contributed by atoms with E-state index in [0.29, 0.717) is 18.6 Å². The minimum atomic E-state index is 0.439. The molecule has 1 aromatic rings. The normalized spacial score (nSPS) is 23.8. The largest absolute Gasteiger partial charge is 0.352 e. The van der Waals surface area contributed by atoms with E-state index in [-0.39, 0.29) is 0 Å². The van der Waals surface area contributed by atoms with Gasteiger partial charge < -0.3 is 10.6 Å². The van der Waals surface area contributed by atoms with Crippen molar-refractivity contribution in [1.82, 2.24) is 15.6 Å². The zero-order chi connectivity index (χ0) is 11.5. The topological polar surface area (TPSA) is 49.3 Å². The van der Waals surface area contributed by atoms with Gasteiger partial charge in [0.2, 0.25) is 0 Å². The molecular weight excluding hydrogens is 200 g/mol. The molecule has 4 nitrogen and oxygen atoms in total. The predicted octanol–water partition coefficient (Wildman–Crippen LogP) is 1.22. The van der Waals surface area contributed by atoms with Gasteiger partial charge in [-0.1, -0.05) is 0 Å². The highest BCUT2D eigenvalue weighted by Gasteiger charge is 2.21. The first kappa shape index (κ1) is 10.9. The van der Waals surface area contributed by atoms with E-state index in [1.165, 1.54) is 11.1 Å². The molecular formula is C12H18N4. The van der Waals surface area contributed by atoms with Crippen LogP contribution in [0.3, 0.4) is 0 Å². The molecule has 4 heteroatoms. The third-order valence-electron chi connectivity index (χ3n) is 3.03. The number of aromatic nitrogens is 1. The summed E-state index contributed by atoms with van der Waals surface area (Å²) in [6.45, 7) is 7.05. The zero-order valence-electron chi connectivity index (χ0n) is 9.99. The highest BCUT2D eigenvalue weighted by molar-refractivity contribution is 5.82. The van der Waals surface area contributed by atoms with E-state index < -0.39 is 0 Å². The fourth-order valence-electron chi connectivity index (χ4n) is 1.64. The van der Waals surface area contributed by atoms with Crippen LogP contribution in [-0.2, 0) is 6.54 Å². The molecule has 0 aromatic carbocycles. The van der Waals surface area contributed by atoms with Gasteiger partial charge in [-0.15, -0.1) is 0 Å². The van der Waals surface area contributed by atoms with Gasteiger partial charge in [0.15, 0.2) is 5.96 Å². The Morgan fingerprint density at radius 2 is 2.00 bits per heavy atom. The third kappa shape index (κ3) is 2.32. The van der Waals surface area contributed by atoms with Crippen LogP contribution >= 0.6 is 0 Å². The molecule has 1 aliphatic rings. The maximum atomic E-state index is 4.51. The molecule has 2 unspecified atom stereocenters. The number of aryl methyl sites for hydroxylation is 1. The average Bonchev–Trinajstić information content (AvgIpc) is 2.57. The second-order valence-corrected chi connectivity index (χ2v) is 4.33.